The molecule has 4 heteroatoms. The van der Waals surface area contributed by atoms with E-state index in [2.05, 4.69) is 26.1 Å². The normalized spacial score (nSPS) is 10.1. The molecule has 1 heterocycles. The molecule has 0 saturated heterocycles. The van der Waals surface area contributed by atoms with Gasteiger partial charge in [-0.05, 0) is 24.3 Å². The Balaban J connectivity index is 2.43. The first kappa shape index (κ1) is 7.49. The van der Waals surface area contributed by atoms with Crippen LogP contribution < -0.4 is 0 Å². The molecular weight excluding hydrogens is 220 g/mol. The lowest BCUT2D eigenvalue weighted by Crippen LogP contribution is -1.76. The highest BCUT2D eigenvalue weighted by atomic mass is 79.9. The van der Waals surface area contributed by atoms with E-state index in [0.717, 1.165) is 10.0 Å². The van der Waals surface area contributed by atoms with E-state index in [9.17, 15) is 0 Å². The van der Waals surface area contributed by atoms with Crippen molar-refractivity contribution in [3.05, 3.63) is 35.1 Å². The summed E-state index contributed by atoms with van der Waals surface area (Å²) in [6.07, 6.45) is 1.32. The van der Waals surface area contributed by atoms with E-state index < -0.39 is 0 Å². The summed E-state index contributed by atoms with van der Waals surface area (Å²) in [5.74, 6) is 0.544. The Morgan fingerprint density at radius 3 is 2.50 bits per heavy atom. The number of nitrogens with zero attached hydrogens (tertiary/aromatic N) is 2. The quantitative estimate of drug-likeness (QED) is 0.748. The fraction of sp³-hybridized carbons (Fsp3) is 0. The van der Waals surface area contributed by atoms with Gasteiger partial charge in [-0.2, -0.15) is 0 Å². The van der Waals surface area contributed by atoms with E-state index in [-0.39, 0.29) is 0 Å². The standard InChI is InChI=1S/C8H5BrN2O/c9-7-3-1-6(2-4-7)8-11-10-5-12-8/h1-5H. The van der Waals surface area contributed by atoms with Crippen LogP contribution in [0.3, 0.4) is 0 Å². The molecule has 2 rings (SSSR count). The van der Waals surface area contributed by atoms with Gasteiger partial charge >= 0.3 is 0 Å². The van der Waals surface area contributed by atoms with Crippen LogP contribution in [0.2, 0.25) is 0 Å². The van der Waals surface area contributed by atoms with E-state index in [4.69, 9.17) is 4.42 Å². The van der Waals surface area contributed by atoms with Crippen molar-refractivity contribution in [1.29, 1.82) is 0 Å². The van der Waals surface area contributed by atoms with Crippen LogP contribution in [0.25, 0.3) is 11.5 Å². The van der Waals surface area contributed by atoms with Gasteiger partial charge in [-0.1, -0.05) is 15.9 Å². The minimum atomic E-state index is 0.544. The Kier molecular flexibility index (Phi) is 1.91. The molecule has 0 bridgehead atoms. The summed E-state index contributed by atoms with van der Waals surface area (Å²) in [5, 5.41) is 7.38. The zero-order valence-electron chi connectivity index (χ0n) is 6.07. The monoisotopic (exact) mass is 224 g/mol. The third kappa shape index (κ3) is 1.38. The maximum absolute atomic E-state index is 5.02. The highest BCUT2D eigenvalue weighted by Crippen LogP contribution is 2.18. The average Bonchev–Trinajstić information content (AvgIpc) is 2.58. The number of rotatable bonds is 1. The summed E-state index contributed by atoms with van der Waals surface area (Å²) in [6.45, 7) is 0. The van der Waals surface area contributed by atoms with Gasteiger partial charge in [-0.3, -0.25) is 0 Å². The van der Waals surface area contributed by atoms with Crippen LogP contribution in [0.4, 0.5) is 0 Å². The molecule has 0 spiro atoms. The molecule has 60 valence electrons. The van der Waals surface area contributed by atoms with Crippen LogP contribution in [0.5, 0.6) is 0 Å². The molecule has 0 aliphatic carbocycles. The second-order valence-electron chi connectivity index (χ2n) is 2.25. The van der Waals surface area contributed by atoms with Crippen molar-refractivity contribution in [3.63, 3.8) is 0 Å². The molecule has 0 aliphatic heterocycles. The van der Waals surface area contributed by atoms with Crippen molar-refractivity contribution in [2.24, 2.45) is 0 Å². The van der Waals surface area contributed by atoms with Crippen molar-refractivity contribution in [1.82, 2.24) is 10.2 Å². The Bertz CT molecular complexity index is 355. The van der Waals surface area contributed by atoms with Crippen LogP contribution in [-0.4, -0.2) is 10.2 Å². The van der Waals surface area contributed by atoms with E-state index in [1.54, 1.807) is 0 Å². The summed E-state index contributed by atoms with van der Waals surface area (Å²) in [5.41, 5.74) is 0.927. The Morgan fingerprint density at radius 2 is 1.92 bits per heavy atom. The smallest absolute Gasteiger partial charge is 0.247 e. The molecule has 0 fully saturated rings. The van der Waals surface area contributed by atoms with Gasteiger partial charge in [0.1, 0.15) is 0 Å². The first-order chi connectivity index (χ1) is 5.86. The van der Waals surface area contributed by atoms with Crippen LogP contribution in [0, 0.1) is 0 Å². The van der Waals surface area contributed by atoms with Gasteiger partial charge in [0.05, 0.1) is 0 Å². The highest BCUT2D eigenvalue weighted by Gasteiger charge is 2.01. The second kappa shape index (κ2) is 3.06. The summed E-state index contributed by atoms with van der Waals surface area (Å²) < 4.78 is 6.05. The molecular formula is C8H5BrN2O. The van der Waals surface area contributed by atoms with E-state index >= 15 is 0 Å². The maximum Gasteiger partial charge on any atom is 0.247 e. The number of aromatic nitrogens is 2. The van der Waals surface area contributed by atoms with Gasteiger partial charge in [0, 0.05) is 10.0 Å². The second-order valence-corrected chi connectivity index (χ2v) is 3.17. The molecule has 0 N–H and O–H groups in total. The van der Waals surface area contributed by atoms with Gasteiger partial charge in [0.2, 0.25) is 12.3 Å². The first-order valence-corrected chi connectivity index (χ1v) is 4.17. The third-order valence-electron chi connectivity index (χ3n) is 1.45. The molecule has 0 amide bonds. The minimum absolute atomic E-state index is 0.544. The molecule has 0 aliphatic rings. The van der Waals surface area contributed by atoms with Crippen molar-refractivity contribution in [2.45, 2.75) is 0 Å². The fourth-order valence-corrected chi connectivity index (χ4v) is 1.16. The minimum Gasteiger partial charge on any atom is -0.423 e. The number of benzene rings is 1. The zero-order chi connectivity index (χ0) is 8.39. The lowest BCUT2D eigenvalue weighted by Gasteiger charge is -1.92. The molecule has 1 aromatic heterocycles. The predicted molar refractivity (Wildman–Crippen MR) is 47.4 cm³/mol. The van der Waals surface area contributed by atoms with Crippen molar-refractivity contribution in [2.75, 3.05) is 0 Å². The summed E-state index contributed by atoms with van der Waals surface area (Å²) in [6, 6.07) is 7.69. The van der Waals surface area contributed by atoms with E-state index in [1.165, 1.54) is 6.39 Å². The zero-order valence-corrected chi connectivity index (χ0v) is 7.65. The summed E-state index contributed by atoms with van der Waals surface area (Å²) >= 11 is 3.34. The molecule has 0 atom stereocenters. The molecule has 2 aromatic rings. The topological polar surface area (TPSA) is 38.9 Å². The van der Waals surface area contributed by atoms with Gasteiger partial charge in [-0.15, -0.1) is 10.2 Å². The molecule has 1 aromatic carbocycles. The van der Waals surface area contributed by atoms with Crippen LogP contribution in [0.15, 0.2) is 39.5 Å². The van der Waals surface area contributed by atoms with Gasteiger partial charge in [-0.25, -0.2) is 0 Å². The van der Waals surface area contributed by atoms with Crippen molar-refractivity contribution in [3.8, 4) is 11.5 Å². The largest absolute Gasteiger partial charge is 0.423 e. The lowest BCUT2D eigenvalue weighted by molar-refractivity contribution is 0.568. The van der Waals surface area contributed by atoms with Crippen LogP contribution in [-0.2, 0) is 0 Å². The number of hydrogen-bond acceptors (Lipinski definition) is 3. The van der Waals surface area contributed by atoms with E-state index in [0.29, 0.717) is 5.89 Å². The molecule has 0 unspecified atom stereocenters. The highest BCUT2D eigenvalue weighted by molar-refractivity contribution is 9.10. The fourth-order valence-electron chi connectivity index (χ4n) is 0.891. The molecule has 0 saturated carbocycles. The van der Waals surface area contributed by atoms with Crippen molar-refractivity contribution >= 4 is 15.9 Å². The summed E-state index contributed by atoms with van der Waals surface area (Å²) in [4.78, 5) is 0. The van der Waals surface area contributed by atoms with Gasteiger partial charge in [0.25, 0.3) is 0 Å². The van der Waals surface area contributed by atoms with Crippen LogP contribution in [0.1, 0.15) is 0 Å². The van der Waals surface area contributed by atoms with Gasteiger partial charge in [0.15, 0.2) is 0 Å². The molecule has 12 heavy (non-hydrogen) atoms. The maximum atomic E-state index is 5.02. The Morgan fingerprint density at radius 1 is 1.17 bits per heavy atom. The summed E-state index contributed by atoms with van der Waals surface area (Å²) in [7, 11) is 0. The number of hydrogen-bond donors (Lipinski definition) is 0. The van der Waals surface area contributed by atoms with Crippen LogP contribution >= 0.6 is 15.9 Å². The first-order valence-electron chi connectivity index (χ1n) is 3.38. The van der Waals surface area contributed by atoms with Gasteiger partial charge < -0.3 is 4.42 Å². The third-order valence-corrected chi connectivity index (χ3v) is 1.98. The van der Waals surface area contributed by atoms with Crippen molar-refractivity contribution < 1.29 is 4.42 Å². The SMILES string of the molecule is Brc1ccc(-c2nnco2)cc1. The van der Waals surface area contributed by atoms with E-state index in [1.807, 2.05) is 24.3 Å². The molecule has 3 nitrogen and oxygen atoms in total. The Hall–Kier alpha value is -1.16. The molecule has 0 radical (unpaired) electrons. The average molecular weight is 225 g/mol. The number of halogens is 1. The predicted octanol–water partition coefficient (Wildman–Crippen LogP) is 2.50. The lowest BCUT2D eigenvalue weighted by atomic mass is 10.2. The Labute approximate surface area is 77.6 Å².